The van der Waals surface area contributed by atoms with E-state index in [1.54, 1.807) is 0 Å². The van der Waals surface area contributed by atoms with Crippen molar-refractivity contribution in [1.29, 1.82) is 0 Å². The minimum atomic E-state index is -0.316. The Hall–Kier alpha value is -0.550. The summed E-state index contributed by atoms with van der Waals surface area (Å²) < 4.78 is 6.65. The molecule has 21 heavy (non-hydrogen) atoms. The molecule has 2 atom stereocenters. The molecule has 1 aromatic rings. The Morgan fingerprint density at radius 2 is 2.05 bits per heavy atom. The summed E-state index contributed by atoms with van der Waals surface area (Å²) in [4.78, 5) is 12.0. The van der Waals surface area contributed by atoms with Crippen molar-refractivity contribution in [1.82, 2.24) is 0 Å². The van der Waals surface area contributed by atoms with Crippen molar-refractivity contribution in [2.45, 2.75) is 45.1 Å². The summed E-state index contributed by atoms with van der Waals surface area (Å²) in [6, 6.07) is 4.19. The van der Waals surface area contributed by atoms with Gasteiger partial charge in [-0.15, -0.1) is 0 Å². The van der Waals surface area contributed by atoms with Crippen LogP contribution >= 0.6 is 31.9 Å². The van der Waals surface area contributed by atoms with E-state index < -0.39 is 0 Å². The topological polar surface area (TPSA) is 38.3 Å². The van der Waals surface area contributed by atoms with E-state index in [2.05, 4.69) is 44.1 Å². The van der Waals surface area contributed by atoms with Crippen molar-refractivity contribution in [3.8, 4) is 0 Å². The number of nitrogens with one attached hydrogen (secondary N) is 1. The zero-order valence-corrected chi connectivity index (χ0v) is 15.6. The van der Waals surface area contributed by atoms with Gasteiger partial charge < -0.3 is 10.1 Å². The van der Waals surface area contributed by atoms with Crippen molar-refractivity contribution in [2.24, 2.45) is 5.92 Å². The molecule has 0 saturated heterocycles. The molecule has 3 nitrogen and oxygen atoms in total. The maximum absolute atomic E-state index is 12.0. The maximum atomic E-state index is 12.0. The molecular formula is C16H21Br2NO2. The maximum Gasteiger partial charge on any atom is 0.340 e. The Bertz CT molecular complexity index is 519. The molecule has 1 fully saturated rings. The highest BCUT2D eigenvalue weighted by molar-refractivity contribution is 9.11. The van der Waals surface area contributed by atoms with Crippen molar-refractivity contribution in [3.05, 3.63) is 26.6 Å². The summed E-state index contributed by atoms with van der Waals surface area (Å²) in [5.74, 6) is 0.350. The molecule has 0 spiro atoms. The molecule has 0 amide bonds. The van der Waals surface area contributed by atoms with Crippen molar-refractivity contribution >= 4 is 43.5 Å². The van der Waals surface area contributed by atoms with Crippen LogP contribution < -0.4 is 5.32 Å². The first-order valence-electron chi connectivity index (χ1n) is 7.40. The summed E-state index contributed by atoms with van der Waals surface area (Å²) in [5.41, 5.74) is 1.41. The number of carbonyl (C=O) groups excluding carboxylic acids is 1. The van der Waals surface area contributed by atoms with Gasteiger partial charge in [0.15, 0.2) is 0 Å². The fourth-order valence-corrected chi connectivity index (χ4v) is 4.40. The number of esters is 1. The highest BCUT2D eigenvalue weighted by atomic mass is 79.9. The SMILES string of the molecule is CCC1CCCCC1Nc1c(Br)cc(Br)cc1C(=O)OC. The smallest absolute Gasteiger partial charge is 0.340 e. The minimum absolute atomic E-state index is 0.316. The summed E-state index contributed by atoms with van der Waals surface area (Å²) >= 11 is 6.99. The Morgan fingerprint density at radius 3 is 2.71 bits per heavy atom. The normalized spacial score (nSPS) is 21.9. The number of methoxy groups -OCH3 is 1. The van der Waals surface area contributed by atoms with Crippen LogP contribution in [0.4, 0.5) is 5.69 Å². The Morgan fingerprint density at radius 1 is 1.33 bits per heavy atom. The number of ether oxygens (including phenoxy) is 1. The second kappa shape index (κ2) is 7.63. The Balaban J connectivity index is 2.31. The summed E-state index contributed by atoms with van der Waals surface area (Å²) in [5, 5.41) is 3.59. The van der Waals surface area contributed by atoms with Gasteiger partial charge in [0.2, 0.25) is 0 Å². The lowest BCUT2D eigenvalue weighted by atomic mass is 9.82. The average molecular weight is 419 g/mol. The van der Waals surface area contributed by atoms with E-state index in [9.17, 15) is 4.79 Å². The molecule has 2 rings (SSSR count). The lowest BCUT2D eigenvalue weighted by molar-refractivity contribution is 0.0601. The number of hydrogen-bond donors (Lipinski definition) is 1. The van der Waals surface area contributed by atoms with Gasteiger partial charge in [0.1, 0.15) is 0 Å². The van der Waals surface area contributed by atoms with Gasteiger partial charge in [-0.3, -0.25) is 0 Å². The van der Waals surface area contributed by atoms with Crippen LogP contribution in [0.15, 0.2) is 21.1 Å². The van der Waals surface area contributed by atoms with E-state index in [0.29, 0.717) is 17.5 Å². The molecule has 0 aromatic heterocycles. The quantitative estimate of drug-likeness (QED) is 0.667. The van der Waals surface area contributed by atoms with E-state index in [-0.39, 0.29) is 5.97 Å². The number of hydrogen-bond acceptors (Lipinski definition) is 3. The van der Waals surface area contributed by atoms with Gasteiger partial charge in [-0.25, -0.2) is 4.79 Å². The van der Waals surface area contributed by atoms with Crippen LogP contribution in [0.3, 0.4) is 0 Å². The number of anilines is 1. The van der Waals surface area contributed by atoms with Crippen LogP contribution in [0, 0.1) is 5.92 Å². The molecule has 116 valence electrons. The van der Waals surface area contributed by atoms with Gasteiger partial charge >= 0.3 is 5.97 Å². The summed E-state index contributed by atoms with van der Waals surface area (Å²) in [7, 11) is 1.41. The average Bonchev–Trinajstić information content (AvgIpc) is 2.49. The van der Waals surface area contributed by atoms with Gasteiger partial charge in [0.05, 0.1) is 18.4 Å². The number of benzene rings is 1. The first kappa shape index (κ1) is 16.8. The summed E-state index contributed by atoms with van der Waals surface area (Å²) in [6.07, 6.45) is 6.13. The fourth-order valence-electron chi connectivity index (χ4n) is 3.06. The molecule has 0 heterocycles. The minimum Gasteiger partial charge on any atom is -0.465 e. The molecule has 1 aliphatic carbocycles. The van der Waals surface area contributed by atoms with Crippen LogP contribution in [0.25, 0.3) is 0 Å². The molecule has 1 aliphatic rings. The lowest BCUT2D eigenvalue weighted by Crippen LogP contribution is -2.32. The molecule has 0 radical (unpaired) electrons. The molecule has 0 bridgehead atoms. The zero-order chi connectivity index (χ0) is 15.4. The first-order chi connectivity index (χ1) is 10.1. The third-order valence-electron chi connectivity index (χ3n) is 4.22. The fraction of sp³-hybridized carbons (Fsp3) is 0.562. The zero-order valence-electron chi connectivity index (χ0n) is 12.4. The van der Waals surface area contributed by atoms with Crippen LogP contribution in [0.5, 0.6) is 0 Å². The largest absolute Gasteiger partial charge is 0.465 e. The Labute approximate surface area is 143 Å². The highest BCUT2D eigenvalue weighted by Gasteiger charge is 2.26. The van der Waals surface area contributed by atoms with E-state index in [1.165, 1.54) is 32.8 Å². The van der Waals surface area contributed by atoms with Crippen molar-refractivity contribution < 1.29 is 9.53 Å². The molecule has 1 aromatic carbocycles. The highest BCUT2D eigenvalue weighted by Crippen LogP contribution is 2.35. The van der Waals surface area contributed by atoms with Gasteiger partial charge in [0, 0.05) is 15.0 Å². The van der Waals surface area contributed by atoms with Crippen LogP contribution in [-0.2, 0) is 4.74 Å². The second-order valence-corrected chi connectivity index (χ2v) is 7.28. The second-order valence-electron chi connectivity index (χ2n) is 5.51. The third-order valence-corrected chi connectivity index (χ3v) is 5.31. The molecular weight excluding hydrogens is 398 g/mol. The number of halogens is 2. The number of carbonyl (C=O) groups is 1. The van der Waals surface area contributed by atoms with Crippen molar-refractivity contribution in [3.63, 3.8) is 0 Å². The van der Waals surface area contributed by atoms with Crippen LogP contribution in [0.2, 0.25) is 0 Å². The van der Waals surface area contributed by atoms with Gasteiger partial charge in [-0.2, -0.15) is 0 Å². The monoisotopic (exact) mass is 417 g/mol. The molecule has 2 unspecified atom stereocenters. The van der Waals surface area contributed by atoms with Gasteiger partial charge in [0.25, 0.3) is 0 Å². The Kier molecular flexibility index (Phi) is 6.11. The van der Waals surface area contributed by atoms with Gasteiger partial charge in [-0.05, 0) is 46.8 Å². The van der Waals surface area contributed by atoms with E-state index in [1.807, 2.05) is 12.1 Å². The standard InChI is InChI=1S/C16H21Br2NO2/c1-3-10-6-4-5-7-14(10)19-15-12(16(20)21-2)8-11(17)9-13(15)18/h8-10,14,19H,3-7H2,1-2H3. The molecule has 1 saturated carbocycles. The van der Waals surface area contributed by atoms with Gasteiger partial charge in [-0.1, -0.05) is 42.1 Å². The molecule has 0 aliphatic heterocycles. The van der Waals surface area contributed by atoms with Crippen LogP contribution in [-0.4, -0.2) is 19.1 Å². The van der Waals surface area contributed by atoms with E-state index in [0.717, 1.165) is 21.1 Å². The number of rotatable bonds is 4. The van der Waals surface area contributed by atoms with E-state index >= 15 is 0 Å². The predicted molar refractivity (Wildman–Crippen MR) is 92.8 cm³/mol. The van der Waals surface area contributed by atoms with Crippen LogP contribution in [0.1, 0.15) is 49.4 Å². The third kappa shape index (κ3) is 4.01. The molecule has 1 N–H and O–H groups in total. The lowest BCUT2D eigenvalue weighted by Gasteiger charge is -2.33. The summed E-state index contributed by atoms with van der Waals surface area (Å²) in [6.45, 7) is 2.24. The predicted octanol–water partition coefficient (Wildman–Crippen LogP) is 5.38. The van der Waals surface area contributed by atoms with Crippen molar-refractivity contribution in [2.75, 3.05) is 12.4 Å². The van der Waals surface area contributed by atoms with E-state index in [4.69, 9.17) is 4.74 Å². The first-order valence-corrected chi connectivity index (χ1v) is 8.99. The molecule has 5 heteroatoms.